The van der Waals surface area contributed by atoms with Crippen LogP contribution in [0.3, 0.4) is 0 Å². The van der Waals surface area contributed by atoms with Gasteiger partial charge in [0.05, 0.1) is 5.52 Å². The van der Waals surface area contributed by atoms with Crippen molar-refractivity contribution in [3.63, 3.8) is 0 Å². The third-order valence-corrected chi connectivity index (χ3v) is 6.61. The third-order valence-electron chi connectivity index (χ3n) is 4.27. The number of hydrogen-bond donors (Lipinski definition) is 2. The number of aromatic nitrogens is 1. The highest BCUT2D eigenvalue weighted by Crippen LogP contribution is 2.37. The molecular weight excluding hydrogens is 298 g/mol. The fourth-order valence-electron chi connectivity index (χ4n) is 3.00. The smallest absolute Gasteiger partial charge is 0.250 e. The number of para-hydroxylation sites is 1. The summed E-state index contributed by atoms with van der Waals surface area (Å²) in [5.74, 6) is 5.57. The molecule has 5 nitrogen and oxygen atoms in total. The van der Waals surface area contributed by atoms with Gasteiger partial charge in [-0.25, -0.2) is 12.4 Å². The monoisotopic (exact) mass is 317 g/mol. The second kappa shape index (κ2) is 5.00. The van der Waals surface area contributed by atoms with Crippen LogP contribution >= 0.6 is 0 Å². The van der Waals surface area contributed by atoms with Crippen LogP contribution in [-0.4, -0.2) is 17.1 Å². The van der Waals surface area contributed by atoms with Crippen molar-refractivity contribution in [3.05, 3.63) is 60.0 Å². The second-order valence-corrected chi connectivity index (χ2v) is 8.07. The SMILES string of the molecule is CC1=CC=C(NN)C(C)(S(=O)(=O)n2ccc3ccccc32)C1. The van der Waals surface area contributed by atoms with Gasteiger partial charge in [-0.2, -0.15) is 0 Å². The zero-order chi connectivity index (χ0) is 16.0. The summed E-state index contributed by atoms with van der Waals surface area (Å²) < 4.78 is 26.8. The molecule has 0 saturated carbocycles. The van der Waals surface area contributed by atoms with Crippen molar-refractivity contribution in [2.45, 2.75) is 25.0 Å². The number of rotatable bonds is 3. The van der Waals surface area contributed by atoms with Gasteiger partial charge in [0.15, 0.2) is 0 Å². The van der Waals surface area contributed by atoms with E-state index in [1.165, 1.54) is 3.97 Å². The maximum atomic E-state index is 13.3. The molecule has 3 rings (SSSR count). The Bertz CT molecular complexity index is 893. The van der Waals surface area contributed by atoms with Gasteiger partial charge in [0.1, 0.15) is 4.75 Å². The summed E-state index contributed by atoms with van der Waals surface area (Å²) in [5, 5.41) is 0.893. The van der Waals surface area contributed by atoms with Gasteiger partial charge < -0.3 is 5.43 Å². The van der Waals surface area contributed by atoms with Gasteiger partial charge in [-0.1, -0.05) is 29.8 Å². The molecule has 1 aliphatic carbocycles. The zero-order valence-corrected chi connectivity index (χ0v) is 13.4. The molecule has 22 heavy (non-hydrogen) atoms. The highest BCUT2D eigenvalue weighted by atomic mass is 32.2. The normalized spacial score (nSPS) is 22.3. The number of hydrogen-bond acceptors (Lipinski definition) is 4. The lowest BCUT2D eigenvalue weighted by Gasteiger charge is -2.34. The number of fused-ring (bicyclic) bond motifs is 1. The minimum absolute atomic E-state index is 0.401. The minimum Gasteiger partial charge on any atom is -0.327 e. The van der Waals surface area contributed by atoms with Gasteiger partial charge in [-0.15, -0.1) is 0 Å². The molecule has 1 aromatic heterocycles. The molecule has 1 aliphatic rings. The van der Waals surface area contributed by atoms with E-state index in [4.69, 9.17) is 5.84 Å². The van der Waals surface area contributed by atoms with Gasteiger partial charge in [-0.3, -0.25) is 5.84 Å². The highest BCUT2D eigenvalue weighted by Gasteiger charge is 2.45. The lowest BCUT2D eigenvalue weighted by molar-refractivity contribution is 0.528. The summed E-state index contributed by atoms with van der Waals surface area (Å²) in [6.07, 6.45) is 5.63. The molecule has 1 aromatic carbocycles. The first-order chi connectivity index (χ1) is 10.4. The molecule has 0 radical (unpaired) electrons. The molecule has 2 aromatic rings. The van der Waals surface area contributed by atoms with Crippen LogP contribution in [0.5, 0.6) is 0 Å². The molecule has 3 N–H and O–H groups in total. The molecule has 1 unspecified atom stereocenters. The molecule has 0 amide bonds. The third kappa shape index (κ3) is 1.99. The van der Waals surface area contributed by atoms with Gasteiger partial charge in [-0.05, 0) is 38.5 Å². The predicted molar refractivity (Wildman–Crippen MR) is 88.4 cm³/mol. The van der Waals surface area contributed by atoms with Crippen molar-refractivity contribution >= 4 is 20.9 Å². The Hall–Kier alpha value is -2.05. The van der Waals surface area contributed by atoms with Crippen molar-refractivity contribution in [2.75, 3.05) is 0 Å². The van der Waals surface area contributed by atoms with Crippen LogP contribution in [0.1, 0.15) is 20.3 Å². The second-order valence-electron chi connectivity index (χ2n) is 5.82. The molecule has 0 aliphatic heterocycles. The topological polar surface area (TPSA) is 77.1 Å². The summed E-state index contributed by atoms with van der Waals surface area (Å²) in [4.78, 5) is 0. The van der Waals surface area contributed by atoms with Crippen molar-refractivity contribution in [1.82, 2.24) is 9.40 Å². The Morgan fingerprint density at radius 1 is 1.23 bits per heavy atom. The zero-order valence-electron chi connectivity index (χ0n) is 12.6. The molecule has 0 fully saturated rings. The summed E-state index contributed by atoms with van der Waals surface area (Å²) in [5.41, 5.74) is 4.73. The van der Waals surface area contributed by atoms with E-state index in [0.717, 1.165) is 11.0 Å². The van der Waals surface area contributed by atoms with E-state index >= 15 is 0 Å². The van der Waals surface area contributed by atoms with Crippen LogP contribution in [0.2, 0.25) is 0 Å². The lowest BCUT2D eigenvalue weighted by atomic mass is 9.93. The quantitative estimate of drug-likeness (QED) is 0.672. The molecule has 0 bridgehead atoms. The minimum atomic E-state index is -3.67. The first kappa shape index (κ1) is 14.9. The predicted octanol–water partition coefficient (Wildman–Crippen LogP) is 2.28. The number of benzene rings is 1. The average Bonchev–Trinajstić information content (AvgIpc) is 2.91. The fourth-order valence-corrected chi connectivity index (χ4v) is 4.90. The molecule has 6 heteroatoms. The first-order valence-electron chi connectivity index (χ1n) is 7.06. The van der Waals surface area contributed by atoms with Crippen molar-refractivity contribution in [3.8, 4) is 0 Å². The molecule has 1 heterocycles. The number of nitrogens with one attached hydrogen (secondary N) is 1. The van der Waals surface area contributed by atoms with Crippen molar-refractivity contribution in [1.29, 1.82) is 0 Å². The Morgan fingerprint density at radius 2 is 1.95 bits per heavy atom. The van der Waals surface area contributed by atoms with E-state index in [9.17, 15) is 8.42 Å². The maximum Gasteiger partial charge on any atom is 0.250 e. The van der Waals surface area contributed by atoms with Crippen LogP contribution in [0, 0.1) is 0 Å². The number of nitrogens with two attached hydrogens (primary N) is 1. The Labute approximate surface area is 130 Å². The molecule has 0 spiro atoms. The van der Waals surface area contributed by atoms with Gasteiger partial charge in [0, 0.05) is 17.3 Å². The first-order valence-corrected chi connectivity index (χ1v) is 8.50. The van der Waals surface area contributed by atoms with Gasteiger partial charge in [0.2, 0.25) is 0 Å². The summed E-state index contributed by atoms with van der Waals surface area (Å²) in [7, 11) is -3.67. The fraction of sp³-hybridized carbons (Fsp3) is 0.250. The largest absolute Gasteiger partial charge is 0.327 e. The summed E-state index contributed by atoms with van der Waals surface area (Å²) in [6, 6.07) is 9.23. The van der Waals surface area contributed by atoms with E-state index in [1.807, 2.05) is 31.2 Å². The molecule has 1 atom stereocenters. The Balaban J connectivity index is 2.21. The van der Waals surface area contributed by atoms with Crippen LogP contribution in [0.25, 0.3) is 10.9 Å². The van der Waals surface area contributed by atoms with Crippen molar-refractivity contribution in [2.24, 2.45) is 5.84 Å². The standard InChI is InChI=1S/C16H19N3O2S/c1-12-7-8-15(18-17)16(2,11-12)22(20,21)19-10-9-13-5-3-4-6-14(13)19/h3-10,18H,11,17H2,1-2H3. The lowest BCUT2D eigenvalue weighted by Crippen LogP contribution is -2.48. The number of allylic oxidation sites excluding steroid dienone is 3. The summed E-state index contributed by atoms with van der Waals surface area (Å²) in [6.45, 7) is 3.63. The van der Waals surface area contributed by atoms with Crippen LogP contribution in [-0.2, 0) is 10.0 Å². The molecule has 0 saturated heterocycles. The van der Waals surface area contributed by atoms with Crippen LogP contribution in [0.4, 0.5) is 0 Å². The van der Waals surface area contributed by atoms with Gasteiger partial charge >= 0.3 is 0 Å². The van der Waals surface area contributed by atoms with E-state index in [0.29, 0.717) is 17.6 Å². The van der Waals surface area contributed by atoms with E-state index in [1.54, 1.807) is 31.3 Å². The van der Waals surface area contributed by atoms with Crippen molar-refractivity contribution < 1.29 is 8.42 Å². The van der Waals surface area contributed by atoms with E-state index < -0.39 is 14.8 Å². The van der Waals surface area contributed by atoms with Gasteiger partial charge in [0.25, 0.3) is 10.0 Å². The Kier molecular flexibility index (Phi) is 3.38. The van der Waals surface area contributed by atoms with E-state index in [-0.39, 0.29) is 0 Å². The molecular formula is C16H19N3O2S. The maximum absolute atomic E-state index is 13.3. The van der Waals surface area contributed by atoms with E-state index in [2.05, 4.69) is 5.43 Å². The molecule has 116 valence electrons. The van der Waals surface area contributed by atoms with Crippen LogP contribution < -0.4 is 11.3 Å². The van der Waals surface area contributed by atoms with Crippen LogP contribution in [0.15, 0.2) is 60.0 Å². The highest BCUT2D eigenvalue weighted by molar-refractivity contribution is 7.91. The summed E-state index contributed by atoms with van der Waals surface area (Å²) >= 11 is 0. The Morgan fingerprint density at radius 3 is 2.68 bits per heavy atom. The average molecular weight is 317 g/mol. The number of nitrogens with zero attached hydrogens (tertiary/aromatic N) is 1. The number of hydrazine groups is 1.